The second-order valence-electron chi connectivity index (χ2n) is 8.02. The molecule has 2 heterocycles. The van der Waals surface area contributed by atoms with Gasteiger partial charge in [0.2, 0.25) is 0 Å². The van der Waals surface area contributed by atoms with Gasteiger partial charge in [0.25, 0.3) is 5.91 Å². The molecule has 0 bridgehead atoms. The SMILES string of the molecule is O=C(OCc1ccccc1)ON1CC2(CC(NC(=O)c3ccc4n[nH]nc4c3)C2)C1. The average molecular weight is 407 g/mol. The van der Waals surface area contributed by atoms with Gasteiger partial charge in [-0.15, -0.1) is 5.06 Å². The molecule has 2 aromatic carbocycles. The van der Waals surface area contributed by atoms with Crippen LogP contribution in [0, 0.1) is 5.41 Å². The number of nitrogens with zero attached hydrogens (tertiary/aromatic N) is 3. The Hall–Kier alpha value is -3.46. The number of amides is 1. The van der Waals surface area contributed by atoms with E-state index < -0.39 is 6.16 Å². The first-order chi connectivity index (χ1) is 14.6. The van der Waals surface area contributed by atoms with Crippen molar-refractivity contribution in [1.29, 1.82) is 0 Å². The molecule has 9 nitrogen and oxygen atoms in total. The lowest BCUT2D eigenvalue weighted by atomic mass is 9.61. The second-order valence-corrected chi connectivity index (χ2v) is 8.02. The molecule has 30 heavy (non-hydrogen) atoms. The van der Waals surface area contributed by atoms with E-state index in [4.69, 9.17) is 9.57 Å². The quantitative estimate of drug-likeness (QED) is 0.625. The van der Waals surface area contributed by atoms with Crippen LogP contribution in [0.3, 0.4) is 0 Å². The van der Waals surface area contributed by atoms with Gasteiger partial charge < -0.3 is 14.9 Å². The number of hydrogen-bond acceptors (Lipinski definition) is 7. The van der Waals surface area contributed by atoms with Gasteiger partial charge in [0, 0.05) is 30.1 Å². The topological polar surface area (TPSA) is 109 Å². The van der Waals surface area contributed by atoms with E-state index in [0.717, 1.165) is 23.9 Å². The third kappa shape index (κ3) is 3.71. The van der Waals surface area contributed by atoms with Gasteiger partial charge in [-0.25, -0.2) is 4.79 Å². The number of ether oxygens (including phenoxy) is 1. The summed E-state index contributed by atoms with van der Waals surface area (Å²) in [5.41, 5.74) is 2.98. The number of nitrogens with one attached hydrogen (secondary N) is 2. The average Bonchev–Trinajstić information content (AvgIpc) is 3.17. The number of rotatable bonds is 5. The van der Waals surface area contributed by atoms with Gasteiger partial charge in [-0.2, -0.15) is 15.4 Å². The first-order valence-electron chi connectivity index (χ1n) is 9.84. The molecule has 0 atom stereocenters. The third-order valence-electron chi connectivity index (χ3n) is 5.70. The predicted molar refractivity (Wildman–Crippen MR) is 106 cm³/mol. The van der Waals surface area contributed by atoms with Crippen molar-refractivity contribution >= 4 is 23.1 Å². The van der Waals surface area contributed by atoms with Gasteiger partial charge in [-0.1, -0.05) is 30.3 Å². The van der Waals surface area contributed by atoms with Gasteiger partial charge >= 0.3 is 6.16 Å². The molecule has 9 heteroatoms. The molecule has 1 amide bonds. The number of aromatic nitrogens is 3. The predicted octanol–water partition coefficient (Wildman–Crippen LogP) is 2.42. The molecule has 2 aliphatic rings. The highest BCUT2D eigenvalue weighted by Crippen LogP contribution is 2.48. The largest absolute Gasteiger partial charge is 0.528 e. The lowest BCUT2D eigenvalue weighted by molar-refractivity contribution is -0.244. The zero-order valence-corrected chi connectivity index (χ0v) is 16.2. The van der Waals surface area contributed by atoms with Crippen molar-refractivity contribution in [2.45, 2.75) is 25.5 Å². The van der Waals surface area contributed by atoms with Crippen molar-refractivity contribution in [2.24, 2.45) is 5.41 Å². The number of hydrogen-bond donors (Lipinski definition) is 2. The Bertz CT molecular complexity index is 1070. The Morgan fingerprint density at radius 1 is 1.10 bits per heavy atom. The molecule has 1 saturated heterocycles. The van der Waals surface area contributed by atoms with Crippen molar-refractivity contribution in [2.75, 3.05) is 13.1 Å². The van der Waals surface area contributed by atoms with Gasteiger partial charge in [-0.3, -0.25) is 4.79 Å². The summed E-state index contributed by atoms with van der Waals surface area (Å²) in [6.07, 6.45) is 1.04. The van der Waals surface area contributed by atoms with Crippen LogP contribution in [0.15, 0.2) is 48.5 Å². The standard InChI is InChI=1S/C21H21N5O4/c27-19(15-6-7-17-18(8-15)24-25-23-17)22-16-9-21(10-16)12-26(13-21)30-20(28)29-11-14-4-2-1-3-5-14/h1-8,16H,9-13H2,(H,22,27)(H,23,24,25). The van der Waals surface area contributed by atoms with E-state index in [1.54, 1.807) is 23.3 Å². The molecular weight excluding hydrogens is 386 g/mol. The summed E-state index contributed by atoms with van der Waals surface area (Å²) in [5.74, 6) is -0.114. The van der Waals surface area contributed by atoms with Gasteiger partial charge in [0.15, 0.2) is 0 Å². The fourth-order valence-corrected chi connectivity index (χ4v) is 4.21. The first kappa shape index (κ1) is 18.6. The van der Waals surface area contributed by atoms with Crippen LogP contribution in [0.5, 0.6) is 0 Å². The Morgan fingerprint density at radius 2 is 1.87 bits per heavy atom. The molecule has 2 N–H and O–H groups in total. The molecular formula is C21H21N5O4. The van der Waals surface area contributed by atoms with Gasteiger partial charge in [-0.05, 0) is 36.6 Å². The lowest BCUT2D eigenvalue weighted by Gasteiger charge is -2.57. The number of carbonyl (C=O) groups excluding carboxylic acids is 2. The molecule has 3 aromatic rings. The van der Waals surface area contributed by atoms with Crippen LogP contribution >= 0.6 is 0 Å². The fourth-order valence-electron chi connectivity index (χ4n) is 4.21. The highest BCUT2D eigenvalue weighted by atomic mass is 16.8. The van der Waals surface area contributed by atoms with E-state index in [1.165, 1.54) is 0 Å². The lowest BCUT2D eigenvalue weighted by Crippen LogP contribution is -2.66. The maximum absolute atomic E-state index is 12.5. The Kier molecular flexibility index (Phi) is 4.59. The number of benzene rings is 2. The van der Waals surface area contributed by atoms with Crippen LogP contribution < -0.4 is 5.32 Å². The summed E-state index contributed by atoms with van der Waals surface area (Å²) in [6.45, 7) is 1.50. The van der Waals surface area contributed by atoms with Crippen molar-refractivity contribution < 1.29 is 19.2 Å². The zero-order valence-electron chi connectivity index (χ0n) is 16.2. The molecule has 1 saturated carbocycles. The molecule has 1 aromatic heterocycles. The van der Waals surface area contributed by atoms with E-state index in [9.17, 15) is 9.59 Å². The maximum Gasteiger partial charge on any atom is 0.528 e. The van der Waals surface area contributed by atoms with Crippen LogP contribution in [0.25, 0.3) is 11.0 Å². The highest BCUT2D eigenvalue weighted by Gasteiger charge is 2.54. The molecule has 0 unspecified atom stereocenters. The molecule has 1 spiro atoms. The van der Waals surface area contributed by atoms with E-state index in [1.807, 2.05) is 30.3 Å². The Morgan fingerprint density at radius 3 is 2.67 bits per heavy atom. The molecule has 0 radical (unpaired) electrons. The summed E-state index contributed by atoms with van der Waals surface area (Å²) in [6, 6.07) is 14.8. The molecule has 1 aliphatic heterocycles. The molecule has 154 valence electrons. The van der Waals surface area contributed by atoms with E-state index in [0.29, 0.717) is 24.2 Å². The maximum atomic E-state index is 12.5. The Labute approximate surface area is 172 Å². The van der Waals surface area contributed by atoms with E-state index in [2.05, 4.69) is 20.7 Å². The minimum atomic E-state index is -0.693. The van der Waals surface area contributed by atoms with Crippen LogP contribution in [0.2, 0.25) is 0 Å². The minimum Gasteiger partial charge on any atom is -0.428 e. The second kappa shape index (κ2) is 7.42. The van der Waals surface area contributed by atoms with Gasteiger partial charge in [0.05, 0.1) is 0 Å². The van der Waals surface area contributed by atoms with Crippen molar-refractivity contribution in [3.8, 4) is 0 Å². The van der Waals surface area contributed by atoms with Crippen molar-refractivity contribution in [3.05, 3.63) is 59.7 Å². The molecule has 1 aliphatic carbocycles. The fraction of sp³-hybridized carbons (Fsp3) is 0.333. The molecule has 2 fully saturated rings. The summed E-state index contributed by atoms with van der Waals surface area (Å²) in [5, 5.41) is 15.2. The number of aromatic amines is 1. The van der Waals surface area contributed by atoms with Crippen LogP contribution in [-0.4, -0.2) is 51.7 Å². The monoisotopic (exact) mass is 407 g/mol. The normalized spacial score (nSPS) is 17.9. The summed E-state index contributed by atoms with van der Waals surface area (Å²) in [7, 11) is 0. The smallest absolute Gasteiger partial charge is 0.428 e. The number of carbonyl (C=O) groups is 2. The number of fused-ring (bicyclic) bond motifs is 1. The number of H-pyrrole nitrogens is 1. The summed E-state index contributed by atoms with van der Waals surface area (Å²) in [4.78, 5) is 29.5. The minimum absolute atomic E-state index is 0.105. The number of hydroxylamine groups is 2. The third-order valence-corrected chi connectivity index (χ3v) is 5.70. The van der Waals surface area contributed by atoms with Crippen molar-refractivity contribution in [1.82, 2.24) is 25.8 Å². The van der Waals surface area contributed by atoms with Crippen LogP contribution in [0.4, 0.5) is 4.79 Å². The Balaban J connectivity index is 1.04. The van der Waals surface area contributed by atoms with Gasteiger partial charge in [0.1, 0.15) is 17.6 Å². The summed E-state index contributed by atoms with van der Waals surface area (Å²) >= 11 is 0. The van der Waals surface area contributed by atoms with E-state index >= 15 is 0 Å². The van der Waals surface area contributed by atoms with Crippen molar-refractivity contribution in [3.63, 3.8) is 0 Å². The highest BCUT2D eigenvalue weighted by molar-refractivity contribution is 5.97. The first-order valence-corrected chi connectivity index (χ1v) is 9.84. The molecule has 5 rings (SSSR count). The zero-order chi connectivity index (χ0) is 20.6. The van der Waals surface area contributed by atoms with Crippen LogP contribution in [-0.2, 0) is 16.2 Å². The van der Waals surface area contributed by atoms with E-state index in [-0.39, 0.29) is 24.0 Å². The van der Waals surface area contributed by atoms with Crippen LogP contribution in [0.1, 0.15) is 28.8 Å². The summed E-state index contributed by atoms with van der Waals surface area (Å²) < 4.78 is 5.13.